The van der Waals surface area contributed by atoms with Crippen LogP contribution in [0.2, 0.25) is 0 Å². The number of anilines is 2. The molecule has 3 amide bonds. The van der Waals surface area contributed by atoms with Crippen molar-refractivity contribution in [3.8, 4) is 0 Å². The molecule has 9 heteroatoms. The summed E-state index contributed by atoms with van der Waals surface area (Å²) in [7, 11) is 1.26. The zero-order valence-corrected chi connectivity index (χ0v) is 23.3. The van der Waals surface area contributed by atoms with Crippen molar-refractivity contribution in [2.75, 3.05) is 17.3 Å². The van der Waals surface area contributed by atoms with Gasteiger partial charge < -0.3 is 19.8 Å². The number of allylic oxidation sites excluding steroid dienone is 1. The van der Waals surface area contributed by atoms with Gasteiger partial charge in [0.15, 0.2) is 0 Å². The van der Waals surface area contributed by atoms with Crippen molar-refractivity contribution in [1.29, 1.82) is 0 Å². The van der Waals surface area contributed by atoms with Crippen LogP contribution in [0.1, 0.15) is 40.7 Å². The molecule has 4 rings (SSSR count). The molecule has 1 aliphatic heterocycles. The lowest BCUT2D eigenvalue weighted by atomic mass is 10.1. The fourth-order valence-corrected chi connectivity index (χ4v) is 4.53. The van der Waals surface area contributed by atoms with Crippen molar-refractivity contribution in [1.82, 2.24) is 5.32 Å². The molecule has 2 aromatic carbocycles. The number of nitrogens with zero attached hydrogens (tertiary/aromatic N) is 1. The first kappa shape index (κ1) is 28.1. The third kappa shape index (κ3) is 5.88. The fraction of sp³-hybridized carbons (Fsp3) is 0.226. The first-order valence-electron chi connectivity index (χ1n) is 12.7. The molecule has 0 saturated heterocycles. The average Bonchev–Trinajstić information content (AvgIpc) is 3.45. The van der Waals surface area contributed by atoms with Gasteiger partial charge in [-0.25, -0.2) is 4.79 Å². The van der Waals surface area contributed by atoms with Gasteiger partial charge in [-0.3, -0.25) is 19.3 Å². The number of benzene rings is 2. The summed E-state index contributed by atoms with van der Waals surface area (Å²) in [6.07, 6.45) is 1.47. The van der Waals surface area contributed by atoms with E-state index in [0.717, 1.165) is 22.3 Å². The van der Waals surface area contributed by atoms with E-state index >= 15 is 0 Å². The van der Waals surface area contributed by atoms with Crippen LogP contribution in [0.5, 0.6) is 0 Å². The lowest BCUT2D eigenvalue weighted by Gasteiger charge is -2.19. The van der Waals surface area contributed by atoms with Gasteiger partial charge in [0.25, 0.3) is 5.91 Å². The van der Waals surface area contributed by atoms with E-state index < -0.39 is 23.7 Å². The Hall–Kier alpha value is -4.92. The van der Waals surface area contributed by atoms with Crippen LogP contribution >= 0.6 is 0 Å². The first-order chi connectivity index (χ1) is 19.0. The van der Waals surface area contributed by atoms with Gasteiger partial charge in [0, 0.05) is 17.1 Å². The Morgan fingerprint density at radius 1 is 0.900 bits per heavy atom. The van der Waals surface area contributed by atoms with Crippen molar-refractivity contribution >= 4 is 41.1 Å². The standard InChI is InChI=1S/C31H31N3O6/c1-17-11-18(2)13-23(12-17)34-21(5)27(31(38)39-6)26(30(34)37)15-24-9-10-25(40-24)16-32-28(35)29(36)33-22-8-7-19(3)20(4)14-22/h7-15H,16H2,1-6H3,(H,32,35)(H,33,36)/b26-15+. The number of amides is 3. The van der Waals surface area contributed by atoms with E-state index in [2.05, 4.69) is 10.6 Å². The molecule has 9 nitrogen and oxygen atoms in total. The number of hydrogen-bond acceptors (Lipinski definition) is 6. The summed E-state index contributed by atoms with van der Waals surface area (Å²) in [6, 6.07) is 14.3. The maximum atomic E-state index is 13.5. The molecular weight excluding hydrogens is 510 g/mol. The van der Waals surface area contributed by atoms with Gasteiger partial charge in [-0.1, -0.05) is 12.1 Å². The van der Waals surface area contributed by atoms with E-state index in [4.69, 9.17) is 9.15 Å². The van der Waals surface area contributed by atoms with E-state index in [1.807, 2.05) is 52.0 Å². The molecule has 0 bridgehead atoms. The number of carbonyl (C=O) groups excluding carboxylic acids is 4. The molecule has 1 aliphatic rings. The molecule has 3 aromatic rings. The Morgan fingerprint density at radius 3 is 2.25 bits per heavy atom. The third-order valence-electron chi connectivity index (χ3n) is 6.62. The summed E-state index contributed by atoms with van der Waals surface area (Å²) in [6.45, 7) is 9.38. The minimum atomic E-state index is -0.823. The molecule has 0 saturated carbocycles. The minimum Gasteiger partial charge on any atom is -0.465 e. The lowest BCUT2D eigenvalue weighted by Crippen LogP contribution is -2.34. The highest BCUT2D eigenvalue weighted by Gasteiger charge is 2.38. The smallest absolute Gasteiger partial charge is 0.340 e. The number of hydrogen-bond donors (Lipinski definition) is 2. The number of esters is 1. The summed E-state index contributed by atoms with van der Waals surface area (Å²) in [5, 5.41) is 5.09. The second-order valence-electron chi connectivity index (χ2n) is 9.74. The fourth-order valence-electron chi connectivity index (χ4n) is 4.53. The number of nitrogens with one attached hydrogen (secondary N) is 2. The SMILES string of the molecule is COC(=O)C1=C(C)N(c2cc(C)cc(C)c2)C(=O)/C1=C/c1ccc(CNC(=O)C(=O)Nc2ccc(C)c(C)c2)o1. The monoisotopic (exact) mass is 541 g/mol. The number of aryl methyl sites for hydroxylation is 4. The Morgan fingerprint density at radius 2 is 1.60 bits per heavy atom. The van der Waals surface area contributed by atoms with Gasteiger partial charge in [0.05, 0.1) is 24.8 Å². The van der Waals surface area contributed by atoms with Gasteiger partial charge in [-0.15, -0.1) is 0 Å². The Balaban J connectivity index is 1.50. The van der Waals surface area contributed by atoms with Crippen LogP contribution in [0.3, 0.4) is 0 Å². The Labute approximate surface area is 232 Å². The van der Waals surface area contributed by atoms with Crippen molar-refractivity contribution < 1.29 is 28.3 Å². The van der Waals surface area contributed by atoms with Crippen LogP contribution in [-0.2, 0) is 30.5 Å². The Bertz CT molecular complexity index is 1570. The van der Waals surface area contributed by atoms with Crippen LogP contribution < -0.4 is 15.5 Å². The molecule has 0 atom stereocenters. The molecule has 0 spiro atoms. The topological polar surface area (TPSA) is 118 Å². The maximum absolute atomic E-state index is 13.5. The van der Waals surface area contributed by atoms with Gasteiger partial charge >= 0.3 is 17.8 Å². The number of furan rings is 1. The second-order valence-corrected chi connectivity index (χ2v) is 9.74. The van der Waals surface area contributed by atoms with Crippen LogP contribution in [-0.4, -0.2) is 30.8 Å². The zero-order valence-electron chi connectivity index (χ0n) is 23.3. The molecule has 2 N–H and O–H groups in total. The second kappa shape index (κ2) is 11.4. The van der Waals surface area contributed by atoms with Crippen LogP contribution in [0.4, 0.5) is 11.4 Å². The van der Waals surface area contributed by atoms with E-state index in [1.165, 1.54) is 18.1 Å². The van der Waals surface area contributed by atoms with Gasteiger partial charge in [0.2, 0.25) is 0 Å². The predicted octanol–water partition coefficient (Wildman–Crippen LogP) is 4.65. The summed E-state index contributed by atoms with van der Waals surface area (Å²) in [5.41, 5.74) is 5.91. The summed E-state index contributed by atoms with van der Waals surface area (Å²) in [5.74, 6) is -2.01. The maximum Gasteiger partial charge on any atom is 0.340 e. The molecule has 206 valence electrons. The van der Waals surface area contributed by atoms with Crippen LogP contribution in [0.25, 0.3) is 6.08 Å². The summed E-state index contributed by atoms with van der Waals surface area (Å²) >= 11 is 0. The molecule has 40 heavy (non-hydrogen) atoms. The zero-order chi connectivity index (χ0) is 29.1. The average molecular weight is 542 g/mol. The largest absolute Gasteiger partial charge is 0.465 e. The van der Waals surface area contributed by atoms with Crippen molar-refractivity contribution in [3.63, 3.8) is 0 Å². The number of rotatable bonds is 6. The number of ether oxygens (including phenoxy) is 1. The van der Waals surface area contributed by atoms with Gasteiger partial charge in [-0.2, -0.15) is 0 Å². The summed E-state index contributed by atoms with van der Waals surface area (Å²) in [4.78, 5) is 52.3. The molecule has 0 radical (unpaired) electrons. The first-order valence-corrected chi connectivity index (χ1v) is 12.7. The number of carbonyl (C=O) groups is 4. The van der Waals surface area contributed by atoms with Crippen molar-refractivity contribution in [3.05, 3.63) is 99.1 Å². The van der Waals surface area contributed by atoms with Crippen LogP contribution in [0.15, 0.2) is 69.8 Å². The van der Waals surface area contributed by atoms with E-state index in [-0.39, 0.29) is 17.7 Å². The highest BCUT2D eigenvalue weighted by atomic mass is 16.5. The van der Waals surface area contributed by atoms with E-state index in [9.17, 15) is 19.2 Å². The molecular formula is C31H31N3O6. The summed E-state index contributed by atoms with van der Waals surface area (Å²) < 4.78 is 10.7. The molecule has 2 heterocycles. The third-order valence-corrected chi connectivity index (χ3v) is 6.62. The van der Waals surface area contributed by atoms with E-state index in [1.54, 1.807) is 31.2 Å². The Kier molecular flexibility index (Phi) is 8.04. The highest BCUT2D eigenvalue weighted by molar-refractivity contribution is 6.39. The minimum absolute atomic E-state index is 0.0519. The molecule has 0 unspecified atom stereocenters. The molecule has 1 aromatic heterocycles. The number of methoxy groups -OCH3 is 1. The quantitative estimate of drug-likeness (QED) is 0.267. The predicted molar refractivity (Wildman–Crippen MR) is 151 cm³/mol. The van der Waals surface area contributed by atoms with Crippen molar-refractivity contribution in [2.24, 2.45) is 0 Å². The molecule has 0 fully saturated rings. The van der Waals surface area contributed by atoms with Gasteiger partial charge in [-0.05, 0) is 99.3 Å². The highest BCUT2D eigenvalue weighted by Crippen LogP contribution is 2.36. The lowest BCUT2D eigenvalue weighted by molar-refractivity contribution is -0.136. The normalized spacial score (nSPS) is 14.1. The van der Waals surface area contributed by atoms with Gasteiger partial charge in [0.1, 0.15) is 11.5 Å². The van der Waals surface area contributed by atoms with Crippen LogP contribution in [0, 0.1) is 27.7 Å². The van der Waals surface area contributed by atoms with Crippen molar-refractivity contribution in [2.45, 2.75) is 41.2 Å². The van der Waals surface area contributed by atoms with E-state index in [0.29, 0.717) is 28.6 Å². The molecule has 0 aliphatic carbocycles.